The normalized spacial score (nSPS) is 20.3. The average molecular weight is 405 g/mol. The first-order valence-electron chi connectivity index (χ1n) is 10.3. The van der Waals surface area contributed by atoms with Crippen molar-refractivity contribution in [2.75, 3.05) is 18.5 Å². The number of nitrogens with zero attached hydrogens (tertiary/aromatic N) is 2. The van der Waals surface area contributed by atoms with Gasteiger partial charge in [0.1, 0.15) is 0 Å². The van der Waals surface area contributed by atoms with E-state index >= 15 is 0 Å². The third-order valence-corrected chi connectivity index (χ3v) is 5.58. The molecule has 6 nitrogen and oxygen atoms in total. The van der Waals surface area contributed by atoms with Crippen LogP contribution < -0.4 is 5.32 Å². The van der Waals surface area contributed by atoms with Crippen LogP contribution in [0.2, 0.25) is 0 Å². The molecule has 3 atom stereocenters. The maximum Gasteiger partial charge on any atom is 0.338 e. The molecule has 3 aromatic rings. The number of aryl methyl sites for hydroxylation is 1. The Morgan fingerprint density at radius 1 is 1.10 bits per heavy atom. The largest absolute Gasteiger partial charge is 0.462 e. The van der Waals surface area contributed by atoms with Gasteiger partial charge in [0, 0.05) is 36.8 Å². The molecule has 0 bridgehead atoms. The highest BCUT2D eigenvalue weighted by atomic mass is 16.5. The summed E-state index contributed by atoms with van der Waals surface area (Å²) in [5.41, 5.74) is 4.47. The number of carbonyl (C=O) groups excluding carboxylic acids is 1. The van der Waals surface area contributed by atoms with Crippen LogP contribution in [-0.4, -0.2) is 28.7 Å². The van der Waals surface area contributed by atoms with Crippen molar-refractivity contribution in [3.63, 3.8) is 0 Å². The molecule has 0 aliphatic carbocycles. The van der Waals surface area contributed by atoms with E-state index in [2.05, 4.69) is 22.4 Å². The summed E-state index contributed by atoms with van der Waals surface area (Å²) in [6.07, 6.45) is 3.35. The zero-order valence-electron chi connectivity index (χ0n) is 17.5. The minimum Gasteiger partial charge on any atom is -0.462 e. The Morgan fingerprint density at radius 3 is 2.57 bits per heavy atom. The Hall–Kier alpha value is -3.12. The highest BCUT2D eigenvalue weighted by molar-refractivity contribution is 5.93. The Morgan fingerprint density at radius 2 is 1.90 bits per heavy atom. The maximum atomic E-state index is 12.8. The Bertz CT molecular complexity index is 1020. The molecule has 1 aliphatic heterocycles. The van der Waals surface area contributed by atoms with Gasteiger partial charge in [0.25, 0.3) is 0 Å². The Kier molecular flexibility index (Phi) is 5.86. The Labute approximate surface area is 176 Å². The number of imidazole rings is 1. The molecule has 0 saturated carbocycles. The van der Waals surface area contributed by atoms with E-state index in [4.69, 9.17) is 9.47 Å². The number of anilines is 1. The molecule has 1 N–H and O–H groups in total. The van der Waals surface area contributed by atoms with Crippen molar-refractivity contribution >= 4 is 11.7 Å². The lowest BCUT2D eigenvalue weighted by molar-refractivity contribution is 0.0287. The number of rotatable bonds is 6. The van der Waals surface area contributed by atoms with Crippen LogP contribution in [-0.2, 0) is 16.5 Å². The van der Waals surface area contributed by atoms with Gasteiger partial charge in [-0.05, 0) is 31.5 Å². The zero-order chi connectivity index (χ0) is 21.1. The van der Waals surface area contributed by atoms with Gasteiger partial charge < -0.3 is 19.4 Å². The molecule has 2 heterocycles. The van der Waals surface area contributed by atoms with E-state index in [0.717, 1.165) is 22.5 Å². The summed E-state index contributed by atoms with van der Waals surface area (Å²) < 4.78 is 13.7. The summed E-state index contributed by atoms with van der Waals surface area (Å²) in [4.78, 5) is 17.1. The van der Waals surface area contributed by atoms with E-state index in [1.54, 1.807) is 6.33 Å². The van der Waals surface area contributed by atoms with Gasteiger partial charge in [-0.25, -0.2) is 9.78 Å². The van der Waals surface area contributed by atoms with E-state index in [0.29, 0.717) is 18.8 Å². The molecule has 156 valence electrons. The van der Waals surface area contributed by atoms with Crippen LogP contribution in [0.15, 0.2) is 61.1 Å². The lowest BCUT2D eigenvalue weighted by Crippen LogP contribution is -2.34. The fraction of sp³-hybridized carbons (Fsp3) is 0.333. The molecule has 2 aromatic carbocycles. The first-order valence-corrected chi connectivity index (χ1v) is 10.3. The number of hydrogen-bond acceptors (Lipinski definition) is 5. The lowest BCUT2D eigenvalue weighted by atomic mass is 9.78. The van der Waals surface area contributed by atoms with Crippen LogP contribution >= 0.6 is 0 Å². The lowest BCUT2D eigenvalue weighted by Gasteiger charge is -2.41. The van der Waals surface area contributed by atoms with Gasteiger partial charge in [0.05, 0.1) is 36.6 Å². The van der Waals surface area contributed by atoms with Crippen LogP contribution in [0.5, 0.6) is 0 Å². The van der Waals surface area contributed by atoms with Crippen molar-refractivity contribution in [2.45, 2.75) is 31.9 Å². The number of fused-ring (bicyclic) bond motifs is 1. The summed E-state index contributed by atoms with van der Waals surface area (Å²) in [5.74, 6) is -0.411. The summed E-state index contributed by atoms with van der Waals surface area (Å²) >= 11 is 0. The predicted octanol–water partition coefficient (Wildman–Crippen LogP) is 4.63. The molecule has 0 spiro atoms. The molecule has 4 rings (SSSR count). The number of hydrogen-bond donors (Lipinski definition) is 1. The smallest absolute Gasteiger partial charge is 0.338 e. The summed E-state index contributed by atoms with van der Waals surface area (Å²) in [5, 5.41) is 3.68. The standard InChI is InChI=1S/C24H27N3O3/c1-4-29-23-20-17(24(28)30-5-2)12-9-13-18(20)26-22(16-10-7-6-8-11-16)21(23)19-14-25-15-27(19)3/h6-15,21-23,26H,4-5H2,1-3H3. The van der Waals surface area contributed by atoms with Crippen LogP contribution in [0.25, 0.3) is 0 Å². The van der Waals surface area contributed by atoms with E-state index in [9.17, 15) is 4.79 Å². The fourth-order valence-electron chi connectivity index (χ4n) is 4.33. The van der Waals surface area contributed by atoms with Crippen LogP contribution in [0, 0.1) is 0 Å². The number of aromatic nitrogens is 2. The third kappa shape index (κ3) is 3.59. The van der Waals surface area contributed by atoms with Gasteiger partial charge in [-0.15, -0.1) is 0 Å². The van der Waals surface area contributed by atoms with Crippen molar-refractivity contribution in [3.05, 3.63) is 83.4 Å². The monoisotopic (exact) mass is 405 g/mol. The van der Waals surface area contributed by atoms with Crippen molar-refractivity contribution in [1.29, 1.82) is 0 Å². The molecule has 30 heavy (non-hydrogen) atoms. The first kappa shape index (κ1) is 20.2. The predicted molar refractivity (Wildman–Crippen MR) is 116 cm³/mol. The van der Waals surface area contributed by atoms with Gasteiger partial charge in [-0.2, -0.15) is 0 Å². The summed E-state index contributed by atoms with van der Waals surface area (Å²) in [7, 11) is 1.99. The van der Waals surface area contributed by atoms with E-state index in [-0.39, 0.29) is 24.0 Å². The average Bonchev–Trinajstić information content (AvgIpc) is 3.19. The van der Waals surface area contributed by atoms with Gasteiger partial charge in [0.2, 0.25) is 0 Å². The third-order valence-electron chi connectivity index (χ3n) is 5.58. The van der Waals surface area contributed by atoms with Crippen LogP contribution in [0.3, 0.4) is 0 Å². The molecule has 0 fully saturated rings. The summed E-state index contributed by atoms with van der Waals surface area (Å²) in [6.45, 7) is 4.64. The quantitative estimate of drug-likeness (QED) is 0.606. The topological polar surface area (TPSA) is 65.4 Å². The zero-order valence-corrected chi connectivity index (χ0v) is 17.5. The molecule has 1 aliphatic rings. The van der Waals surface area contributed by atoms with Crippen molar-refractivity contribution in [2.24, 2.45) is 7.05 Å². The molecule has 3 unspecified atom stereocenters. The van der Waals surface area contributed by atoms with Crippen molar-refractivity contribution in [3.8, 4) is 0 Å². The number of nitrogens with one attached hydrogen (secondary N) is 1. The highest BCUT2D eigenvalue weighted by Crippen LogP contribution is 2.51. The minimum absolute atomic E-state index is 0.0388. The van der Waals surface area contributed by atoms with Crippen molar-refractivity contribution < 1.29 is 14.3 Å². The second kappa shape index (κ2) is 8.71. The number of esters is 1. The SMILES string of the molecule is CCOC(=O)c1cccc2c1C(OCC)C(c1cncn1C)C(c1ccccc1)N2. The fourth-order valence-corrected chi connectivity index (χ4v) is 4.33. The minimum atomic E-state index is -0.331. The molecule has 0 radical (unpaired) electrons. The second-order valence-electron chi connectivity index (χ2n) is 7.35. The molecule has 0 amide bonds. The summed E-state index contributed by atoms with van der Waals surface area (Å²) in [6, 6.07) is 16.0. The van der Waals surface area contributed by atoms with E-state index in [1.165, 1.54) is 0 Å². The van der Waals surface area contributed by atoms with Crippen molar-refractivity contribution in [1.82, 2.24) is 9.55 Å². The molecule has 1 aromatic heterocycles. The van der Waals surface area contributed by atoms with Gasteiger partial charge in [-0.1, -0.05) is 36.4 Å². The molecular formula is C24H27N3O3. The van der Waals surface area contributed by atoms with Gasteiger partial charge >= 0.3 is 5.97 Å². The number of benzene rings is 2. The number of carbonyl (C=O) groups is 1. The highest BCUT2D eigenvalue weighted by Gasteiger charge is 2.42. The first-order chi connectivity index (χ1) is 14.7. The molecule has 0 saturated heterocycles. The van der Waals surface area contributed by atoms with Gasteiger partial charge in [0.15, 0.2) is 0 Å². The molecule has 6 heteroatoms. The number of ether oxygens (including phenoxy) is 2. The van der Waals surface area contributed by atoms with Crippen LogP contribution in [0.1, 0.15) is 59.1 Å². The van der Waals surface area contributed by atoms with Gasteiger partial charge in [-0.3, -0.25) is 0 Å². The molecular weight excluding hydrogens is 378 g/mol. The van der Waals surface area contributed by atoms with E-state index in [1.807, 2.05) is 68.1 Å². The maximum absolute atomic E-state index is 12.8. The second-order valence-corrected chi connectivity index (χ2v) is 7.35. The van der Waals surface area contributed by atoms with Crippen LogP contribution in [0.4, 0.5) is 5.69 Å². The van der Waals surface area contributed by atoms with E-state index < -0.39 is 0 Å². The Balaban J connectivity index is 1.92.